The van der Waals surface area contributed by atoms with Crippen molar-refractivity contribution in [1.82, 2.24) is 9.38 Å². The first-order valence-corrected chi connectivity index (χ1v) is 7.20. The Balaban J connectivity index is 2.13. The Hall–Kier alpha value is -1.55. The molecule has 2 atom stereocenters. The van der Waals surface area contributed by atoms with Crippen LogP contribution in [0.1, 0.15) is 38.8 Å². The molecule has 1 aliphatic rings. The van der Waals surface area contributed by atoms with E-state index in [-0.39, 0.29) is 0 Å². The number of pyridine rings is 1. The molecule has 0 saturated carbocycles. The first-order chi connectivity index (χ1) is 9.26. The minimum absolute atomic E-state index is 0.528. The number of rotatable bonds is 3. The van der Waals surface area contributed by atoms with Gasteiger partial charge in [-0.25, -0.2) is 4.98 Å². The molecule has 4 heteroatoms. The van der Waals surface area contributed by atoms with Gasteiger partial charge in [-0.3, -0.25) is 0 Å². The van der Waals surface area contributed by atoms with Crippen LogP contribution in [0.5, 0.6) is 0 Å². The lowest BCUT2D eigenvalue weighted by Gasteiger charge is -2.29. The summed E-state index contributed by atoms with van der Waals surface area (Å²) in [4.78, 5) is 7.30. The van der Waals surface area contributed by atoms with Crippen LogP contribution in [0.15, 0.2) is 24.4 Å². The molecule has 3 rings (SSSR count). The summed E-state index contributed by atoms with van der Waals surface area (Å²) in [7, 11) is 0. The molecular weight excluding hydrogens is 236 g/mol. The first-order valence-electron chi connectivity index (χ1n) is 7.20. The fraction of sp³-hybridized carbons (Fsp3) is 0.533. The molecule has 0 bridgehead atoms. The van der Waals surface area contributed by atoms with Gasteiger partial charge in [0, 0.05) is 24.8 Å². The molecule has 2 aromatic rings. The monoisotopic (exact) mass is 258 g/mol. The number of imidazole rings is 1. The van der Waals surface area contributed by atoms with Crippen molar-refractivity contribution < 1.29 is 0 Å². The lowest BCUT2D eigenvalue weighted by atomic mass is 10.1. The Bertz CT molecular complexity index is 575. The van der Waals surface area contributed by atoms with Crippen molar-refractivity contribution in [3.63, 3.8) is 0 Å². The number of aromatic nitrogens is 2. The highest BCUT2D eigenvalue weighted by molar-refractivity contribution is 5.57. The number of fused-ring (bicyclic) bond motifs is 1. The molecule has 4 nitrogen and oxygen atoms in total. The van der Waals surface area contributed by atoms with E-state index in [0.717, 1.165) is 17.2 Å². The Labute approximate surface area is 114 Å². The maximum Gasteiger partial charge on any atom is 0.152 e. The predicted octanol–water partition coefficient (Wildman–Crippen LogP) is 2.56. The smallest absolute Gasteiger partial charge is 0.152 e. The van der Waals surface area contributed by atoms with Crippen molar-refractivity contribution in [1.29, 1.82) is 0 Å². The quantitative estimate of drug-likeness (QED) is 0.920. The van der Waals surface area contributed by atoms with Gasteiger partial charge in [0.15, 0.2) is 5.82 Å². The second-order valence-corrected chi connectivity index (χ2v) is 5.41. The number of nitrogens with two attached hydrogens (primary N) is 1. The SMILES string of the molecule is CCC1CCC(C)N1c1nc2ccccn2c1CN. The van der Waals surface area contributed by atoms with Gasteiger partial charge in [0.1, 0.15) is 5.65 Å². The van der Waals surface area contributed by atoms with E-state index >= 15 is 0 Å². The number of nitrogens with zero attached hydrogens (tertiary/aromatic N) is 3. The van der Waals surface area contributed by atoms with E-state index in [0.29, 0.717) is 18.6 Å². The van der Waals surface area contributed by atoms with E-state index in [1.54, 1.807) is 0 Å². The van der Waals surface area contributed by atoms with Crippen molar-refractivity contribution >= 4 is 11.5 Å². The van der Waals surface area contributed by atoms with Crippen LogP contribution in [0.2, 0.25) is 0 Å². The van der Waals surface area contributed by atoms with Crippen LogP contribution >= 0.6 is 0 Å². The highest BCUT2D eigenvalue weighted by Crippen LogP contribution is 2.33. The van der Waals surface area contributed by atoms with Crippen molar-refractivity contribution in [3.05, 3.63) is 30.1 Å². The average Bonchev–Trinajstić information content (AvgIpc) is 2.97. The van der Waals surface area contributed by atoms with Crippen LogP contribution in [0.3, 0.4) is 0 Å². The highest BCUT2D eigenvalue weighted by Gasteiger charge is 2.32. The van der Waals surface area contributed by atoms with Gasteiger partial charge in [0.25, 0.3) is 0 Å². The third kappa shape index (κ3) is 1.91. The van der Waals surface area contributed by atoms with Crippen LogP contribution in [0.4, 0.5) is 5.82 Å². The highest BCUT2D eigenvalue weighted by atomic mass is 15.3. The fourth-order valence-electron chi connectivity index (χ4n) is 3.28. The molecular formula is C15H22N4. The molecule has 1 fully saturated rings. The van der Waals surface area contributed by atoms with Crippen molar-refractivity contribution in [3.8, 4) is 0 Å². The van der Waals surface area contributed by atoms with E-state index in [2.05, 4.69) is 29.3 Å². The minimum atomic E-state index is 0.528. The van der Waals surface area contributed by atoms with Gasteiger partial charge >= 0.3 is 0 Å². The first kappa shape index (κ1) is 12.5. The van der Waals surface area contributed by atoms with Crippen molar-refractivity contribution in [2.45, 2.75) is 51.7 Å². The van der Waals surface area contributed by atoms with Gasteiger partial charge in [-0.05, 0) is 38.3 Å². The molecule has 2 unspecified atom stereocenters. The fourth-order valence-corrected chi connectivity index (χ4v) is 3.28. The third-order valence-corrected chi connectivity index (χ3v) is 4.30. The molecule has 3 heterocycles. The van der Waals surface area contributed by atoms with E-state index in [1.165, 1.54) is 19.3 Å². The summed E-state index contributed by atoms with van der Waals surface area (Å²) in [5, 5.41) is 0. The minimum Gasteiger partial charge on any atom is -0.349 e. The zero-order valence-corrected chi connectivity index (χ0v) is 11.7. The normalized spacial score (nSPS) is 23.4. The predicted molar refractivity (Wildman–Crippen MR) is 78.3 cm³/mol. The summed E-state index contributed by atoms with van der Waals surface area (Å²) in [6.07, 6.45) is 5.73. The molecule has 2 aromatic heterocycles. The van der Waals surface area contributed by atoms with E-state index in [1.807, 2.05) is 18.2 Å². The zero-order chi connectivity index (χ0) is 13.4. The van der Waals surface area contributed by atoms with Gasteiger partial charge in [-0.15, -0.1) is 0 Å². The maximum absolute atomic E-state index is 5.97. The Morgan fingerprint density at radius 2 is 2.21 bits per heavy atom. The molecule has 1 saturated heterocycles. The van der Waals surface area contributed by atoms with Gasteiger partial charge in [0.2, 0.25) is 0 Å². The molecule has 19 heavy (non-hydrogen) atoms. The average molecular weight is 258 g/mol. The summed E-state index contributed by atoms with van der Waals surface area (Å²) < 4.78 is 2.12. The third-order valence-electron chi connectivity index (χ3n) is 4.30. The summed E-state index contributed by atoms with van der Waals surface area (Å²) >= 11 is 0. The summed E-state index contributed by atoms with van der Waals surface area (Å²) in [5.74, 6) is 1.09. The van der Waals surface area contributed by atoms with Crippen molar-refractivity contribution in [2.24, 2.45) is 5.73 Å². The lowest BCUT2D eigenvalue weighted by molar-refractivity contribution is 0.619. The van der Waals surface area contributed by atoms with Gasteiger partial charge in [-0.2, -0.15) is 0 Å². The second kappa shape index (κ2) is 4.85. The maximum atomic E-state index is 5.97. The summed E-state index contributed by atoms with van der Waals surface area (Å²) in [5.41, 5.74) is 8.09. The van der Waals surface area contributed by atoms with Gasteiger partial charge in [-0.1, -0.05) is 13.0 Å². The van der Waals surface area contributed by atoms with Crippen LogP contribution < -0.4 is 10.6 Å². The van der Waals surface area contributed by atoms with E-state index < -0.39 is 0 Å². The summed E-state index contributed by atoms with van der Waals surface area (Å²) in [6.45, 7) is 5.08. The van der Waals surface area contributed by atoms with E-state index in [4.69, 9.17) is 10.7 Å². The van der Waals surface area contributed by atoms with E-state index in [9.17, 15) is 0 Å². The number of hydrogen-bond donors (Lipinski definition) is 1. The molecule has 0 amide bonds. The molecule has 2 N–H and O–H groups in total. The molecule has 102 valence electrons. The lowest BCUT2D eigenvalue weighted by Crippen LogP contribution is -2.35. The molecule has 0 radical (unpaired) electrons. The summed E-state index contributed by atoms with van der Waals surface area (Å²) in [6, 6.07) is 7.26. The van der Waals surface area contributed by atoms with Crippen molar-refractivity contribution in [2.75, 3.05) is 4.90 Å². The topological polar surface area (TPSA) is 46.6 Å². The Kier molecular flexibility index (Phi) is 3.19. The van der Waals surface area contributed by atoms with Crippen LogP contribution in [0, 0.1) is 0 Å². The molecule has 0 spiro atoms. The number of hydrogen-bond acceptors (Lipinski definition) is 3. The van der Waals surface area contributed by atoms with Crippen LogP contribution in [-0.4, -0.2) is 21.5 Å². The standard InChI is InChI=1S/C15H22N4/c1-3-12-8-7-11(2)19(12)15-13(10-16)18-9-5-4-6-14(18)17-15/h4-6,9,11-12H,3,7-8,10,16H2,1-2H3. The van der Waals surface area contributed by atoms with Crippen LogP contribution in [0.25, 0.3) is 5.65 Å². The second-order valence-electron chi connectivity index (χ2n) is 5.41. The van der Waals surface area contributed by atoms with Gasteiger partial charge in [0.05, 0.1) is 5.69 Å². The number of anilines is 1. The largest absolute Gasteiger partial charge is 0.349 e. The molecule has 1 aliphatic heterocycles. The Morgan fingerprint density at radius 1 is 1.37 bits per heavy atom. The van der Waals surface area contributed by atoms with Gasteiger partial charge < -0.3 is 15.0 Å². The molecule has 0 aromatic carbocycles. The molecule has 0 aliphatic carbocycles. The van der Waals surface area contributed by atoms with Crippen LogP contribution in [-0.2, 0) is 6.54 Å². The Morgan fingerprint density at radius 3 is 2.95 bits per heavy atom. The zero-order valence-electron chi connectivity index (χ0n) is 11.7.